The van der Waals surface area contributed by atoms with Crippen molar-refractivity contribution in [2.24, 2.45) is 17.3 Å². The fourth-order valence-electron chi connectivity index (χ4n) is 1.93. The molecule has 0 N–H and O–H groups in total. The highest BCUT2D eigenvalue weighted by Gasteiger charge is 2.27. The Bertz CT molecular complexity index is 217. The van der Waals surface area contributed by atoms with Gasteiger partial charge in [0, 0.05) is 13.1 Å². The zero-order valence-electron chi connectivity index (χ0n) is 9.88. The number of likely N-dealkylation sites (tertiary alicyclic amines) is 1. The summed E-state index contributed by atoms with van der Waals surface area (Å²) in [6, 6.07) is 2.36. The van der Waals surface area contributed by atoms with Crippen LogP contribution in [0.15, 0.2) is 0 Å². The molecule has 2 nitrogen and oxygen atoms in total. The number of rotatable bonds is 3. The summed E-state index contributed by atoms with van der Waals surface area (Å²) in [5.41, 5.74) is -0.158. The minimum atomic E-state index is -0.158. The first-order valence-electron chi connectivity index (χ1n) is 5.58. The molecule has 0 saturated carbocycles. The van der Waals surface area contributed by atoms with Gasteiger partial charge < -0.3 is 4.90 Å². The molecule has 1 saturated heterocycles. The van der Waals surface area contributed by atoms with Gasteiger partial charge in [-0.05, 0) is 38.6 Å². The lowest BCUT2D eigenvalue weighted by molar-refractivity contribution is 0.278. The fourth-order valence-corrected chi connectivity index (χ4v) is 1.93. The second-order valence-corrected chi connectivity index (χ2v) is 5.46. The molecule has 14 heavy (non-hydrogen) atoms. The third kappa shape index (κ3) is 2.99. The predicted octanol–water partition coefficient (Wildman–Crippen LogP) is 2.51. The molecule has 0 spiro atoms. The number of nitrogens with zero attached hydrogens (tertiary/aromatic N) is 2. The molecule has 0 aromatic heterocycles. The second kappa shape index (κ2) is 4.31. The first-order valence-corrected chi connectivity index (χ1v) is 5.58. The van der Waals surface area contributed by atoms with Gasteiger partial charge in [-0.3, -0.25) is 0 Å². The van der Waals surface area contributed by atoms with E-state index < -0.39 is 0 Å². The average molecular weight is 194 g/mol. The summed E-state index contributed by atoms with van der Waals surface area (Å²) in [5, 5.41) is 8.90. The van der Waals surface area contributed by atoms with Crippen LogP contribution in [0.5, 0.6) is 0 Å². The van der Waals surface area contributed by atoms with Crippen LogP contribution in [0.4, 0.5) is 0 Å². The quantitative estimate of drug-likeness (QED) is 0.690. The van der Waals surface area contributed by atoms with Crippen molar-refractivity contribution in [1.82, 2.24) is 4.90 Å². The van der Waals surface area contributed by atoms with Crippen molar-refractivity contribution in [1.29, 1.82) is 5.26 Å². The van der Waals surface area contributed by atoms with Gasteiger partial charge in [-0.25, -0.2) is 0 Å². The monoisotopic (exact) mass is 194 g/mol. The molecule has 0 radical (unpaired) electrons. The highest BCUT2D eigenvalue weighted by atomic mass is 15.1. The molecule has 0 amide bonds. The molecular formula is C12H22N2. The third-order valence-corrected chi connectivity index (χ3v) is 3.42. The highest BCUT2D eigenvalue weighted by molar-refractivity contribution is 4.92. The Morgan fingerprint density at radius 1 is 1.29 bits per heavy atom. The van der Waals surface area contributed by atoms with Gasteiger partial charge in [0.2, 0.25) is 0 Å². The van der Waals surface area contributed by atoms with Crippen LogP contribution in [-0.4, -0.2) is 24.5 Å². The molecule has 0 aromatic carbocycles. The zero-order chi connectivity index (χ0) is 10.8. The van der Waals surface area contributed by atoms with Crippen molar-refractivity contribution in [3.05, 3.63) is 0 Å². The maximum absolute atomic E-state index is 8.90. The number of hydrogen-bond donors (Lipinski definition) is 0. The Kier molecular flexibility index (Phi) is 3.55. The summed E-state index contributed by atoms with van der Waals surface area (Å²) < 4.78 is 0. The SMILES string of the molecule is CC1CN(CCC(C)(C)C#N)CC1C. The minimum Gasteiger partial charge on any atom is -0.303 e. The van der Waals surface area contributed by atoms with Crippen LogP contribution in [0.3, 0.4) is 0 Å². The highest BCUT2D eigenvalue weighted by Crippen LogP contribution is 2.25. The lowest BCUT2D eigenvalue weighted by atomic mass is 9.91. The third-order valence-electron chi connectivity index (χ3n) is 3.42. The molecule has 1 aliphatic heterocycles. The van der Waals surface area contributed by atoms with Crippen LogP contribution in [0.1, 0.15) is 34.1 Å². The van der Waals surface area contributed by atoms with Gasteiger partial charge in [-0.15, -0.1) is 0 Å². The molecule has 0 aliphatic carbocycles. The first-order chi connectivity index (χ1) is 6.44. The van der Waals surface area contributed by atoms with Gasteiger partial charge >= 0.3 is 0 Å². The Labute approximate surface area is 87.9 Å². The molecule has 80 valence electrons. The molecule has 2 heteroatoms. The van der Waals surface area contributed by atoms with E-state index in [2.05, 4.69) is 24.8 Å². The van der Waals surface area contributed by atoms with Crippen molar-refractivity contribution in [3.63, 3.8) is 0 Å². The molecule has 1 aliphatic rings. The summed E-state index contributed by atoms with van der Waals surface area (Å²) in [4.78, 5) is 2.49. The van der Waals surface area contributed by atoms with E-state index in [0.717, 1.165) is 24.8 Å². The van der Waals surface area contributed by atoms with Crippen LogP contribution < -0.4 is 0 Å². The second-order valence-electron chi connectivity index (χ2n) is 5.46. The van der Waals surface area contributed by atoms with Gasteiger partial charge in [0.05, 0.1) is 11.5 Å². The molecule has 0 bridgehead atoms. The van der Waals surface area contributed by atoms with Crippen LogP contribution in [0.2, 0.25) is 0 Å². The summed E-state index contributed by atoms with van der Waals surface area (Å²) >= 11 is 0. The van der Waals surface area contributed by atoms with Gasteiger partial charge in [0.1, 0.15) is 0 Å². The van der Waals surface area contributed by atoms with Crippen molar-refractivity contribution in [3.8, 4) is 6.07 Å². The average Bonchev–Trinajstić information content (AvgIpc) is 2.44. The van der Waals surface area contributed by atoms with Gasteiger partial charge in [-0.1, -0.05) is 13.8 Å². The first kappa shape index (κ1) is 11.5. The molecule has 1 heterocycles. The van der Waals surface area contributed by atoms with Crippen LogP contribution >= 0.6 is 0 Å². The van der Waals surface area contributed by atoms with E-state index in [0.29, 0.717) is 0 Å². The fraction of sp³-hybridized carbons (Fsp3) is 0.917. The smallest absolute Gasteiger partial charge is 0.0684 e. The van der Waals surface area contributed by atoms with E-state index in [9.17, 15) is 0 Å². The van der Waals surface area contributed by atoms with Crippen molar-refractivity contribution in [2.45, 2.75) is 34.1 Å². The van der Waals surface area contributed by atoms with E-state index in [4.69, 9.17) is 5.26 Å². The van der Waals surface area contributed by atoms with E-state index >= 15 is 0 Å². The Morgan fingerprint density at radius 3 is 2.21 bits per heavy atom. The van der Waals surface area contributed by atoms with E-state index in [1.807, 2.05) is 13.8 Å². The Hall–Kier alpha value is -0.550. The lowest BCUT2D eigenvalue weighted by Crippen LogP contribution is -2.26. The molecule has 0 aromatic rings. The van der Waals surface area contributed by atoms with Crippen molar-refractivity contribution < 1.29 is 0 Å². The Morgan fingerprint density at radius 2 is 1.79 bits per heavy atom. The van der Waals surface area contributed by atoms with Crippen molar-refractivity contribution >= 4 is 0 Å². The number of nitriles is 1. The minimum absolute atomic E-state index is 0.158. The predicted molar refractivity (Wildman–Crippen MR) is 58.8 cm³/mol. The number of hydrogen-bond acceptors (Lipinski definition) is 2. The van der Waals surface area contributed by atoms with Crippen LogP contribution in [-0.2, 0) is 0 Å². The summed E-state index contributed by atoms with van der Waals surface area (Å²) in [7, 11) is 0. The Balaban J connectivity index is 2.31. The van der Waals surface area contributed by atoms with Crippen LogP contribution in [0.25, 0.3) is 0 Å². The zero-order valence-corrected chi connectivity index (χ0v) is 9.88. The molecule has 1 fully saturated rings. The lowest BCUT2D eigenvalue weighted by Gasteiger charge is -2.21. The summed E-state index contributed by atoms with van der Waals surface area (Å²) in [6.07, 6.45) is 0.989. The van der Waals surface area contributed by atoms with Gasteiger partial charge in [0.25, 0.3) is 0 Å². The van der Waals surface area contributed by atoms with E-state index in [1.54, 1.807) is 0 Å². The molecular weight excluding hydrogens is 172 g/mol. The largest absolute Gasteiger partial charge is 0.303 e. The summed E-state index contributed by atoms with van der Waals surface area (Å²) in [5.74, 6) is 1.64. The maximum atomic E-state index is 8.90. The maximum Gasteiger partial charge on any atom is 0.0684 e. The summed E-state index contributed by atoms with van der Waals surface area (Å²) in [6.45, 7) is 12.2. The van der Waals surface area contributed by atoms with Gasteiger partial charge in [0.15, 0.2) is 0 Å². The van der Waals surface area contributed by atoms with Crippen LogP contribution in [0, 0.1) is 28.6 Å². The molecule has 1 rings (SSSR count). The normalized spacial score (nSPS) is 29.1. The molecule has 2 unspecified atom stereocenters. The van der Waals surface area contributed by atoms with E-state index in [1.165, 1.54) is 13.1 Å². The van der Waals surface area contributed by atoms with Crippen molar-refractivity contribution in [2.75, 3.05) is 19.6 Å². The molecule has 2 atom stereocenters. The van der Waals surface area contributed by atoms with E-state index in [-0.39, 0.29) is 5.41 Å². The van der Waals surface area contributed by atoms with Gasteiger partial charge in [-0.2, -0.15) is 5.26 Å². The standard InChI is InChI=1S/C12H22N2/c1-10-7-14(8-11(10)2)6-5-12(3,4)9-13/h10-11H,5-8H2,1-4H3. The topological polar surface area (TPSA) is 27.0 Å².